The number of carbonyl (C=O) groups excluding carboxylic acids is 1. The largest absolute Gasteiger partial charge is 0.350 e. The number of fused-ring (bicyclic) bond motifs is 1. The van der Waals surface area contributed by atoms with Gasteiger partial charge in [0.25, 0.3) is 0 Å². The van der Waals surface area contributed by atoms with Crippen molar-refractivity contribution in [3.8, 4) is 0 Å². The average Bonchev–Trinajstić information content (AvgIpc) is 2.98. The maximum Gasteiger partial charge on any atom is 0.338 e. The lowest BCUT2D eigenvalue weighted by Crippen LogP contribution is -2.33. The van der Waals surface area contributed by atoms with E-state index in [4.69, 9.17) is 5.73 Å². The van der Waals surface area contributed by atoms with Gasteiger partial charge in [0.2, 0.25) is 0 Å². The van der Waals surface area contributed by atoms with E-state index in [0.29, 0.717) is 29.9 Å². The standard InChI is InChI=1S/C23H25FN2O2S/c1-15-18(6-3-4-13-26(28)23(25)27)22-19(7-5-8-21(22)24)20(15)14-16-9-11-17(29-2)12-10-16/h5,7-12,14,28H,3-4,6,13H2,1-2H3,(H2,25,27)/b20-14-. The normalized spacial score (nSPS) is 14.4. The van der Waals surface area contributed by atoms with Crippen LogP contribution >= 0.6 is 11.8 Å². The smallest absolute Gasteiger partial charge is 0.338 e. The lowest BCUT2D eigenvalue weighted by atomic mass is 9.99. The summed E-state index contributed by atoms with van der Waals surface area (Å²) in [5.74, 6) is -0.223. The minimum absolute atomic E-state index is 0.163. The highest BCUT2D eigenvalue weighted by Gasteiger charge is 2.26. The number of hydrogen-bond donors (Lipinski definition) is 2. The van der Waals surface area contributed by atoms with E-state index in [1.165, 1.54) is 11.0 Å². The van der Waals surface area contributed by atoms with Crippen LogP contribution in [0.4, 0.5) is 9.18 Å². The van der Waals surface area contributed by atoms with Gasteiger partial charge >= 0.3 is 6.03 Å². The number of nitrogens with zero attached hydrogens (tertiary/aromatic N) is 1. The minimum Gasteiger partial charge on any atom is -0.350 e. The molecule has 0 heterocycles. The van der Waals surface area contributed by atoms with Gasteiger partial charge in [-0.15, -0.1) is 11.8 Å². The molecule has 3 N–H and O–H groups in total. The van der Waals surface area contributed by atoms with Gasteiger partial charge in [0, 0.05) is 10.5 Å². The molecule has 0 saturated heterocycles. The molecule has 6 heteroatoms. The second kappa shape index (κ2) is 9.29. The van der Waals surface area contributed by atoms with Crippen molar-refractivity contribution < 1.29 is 14.4 Å². The van der Waals surface area contributed by atoms with Crippen molar-refractivity contribution in [2.75, 3.05) is 12.8 Å². The van der Waals surface area contributed by atoms with Crippen molar-refractivity contribution in [1.29, 1.82) is 0 Å². The molecule has 2 aromatic carbocycles. The predicted octanol–water partition coefficient (Wildman–Crippen LogP) is 5.82. The number of nitrogens with two attached hydrogens (primary N) is 1. The van der Waals surface area contributed by atoms with Gasteiger partial charge in [-0.2, -0.15) is 0 Å². The molecule has 1 aliphatic rings. The van der Waals surface area contributed by atoms with Crippen molar-refractivity contribution in [2.45, 2.75) is 31.1 Å². The summed E-state index contributed by atoms with van der Waals surface area (Å²) in [4.78, 5) is 12.1. The van der Waals surface area contributed by atoms with Crippen LogP contribution in [-0.2, 0) is 0 Å². The lowest BCUT2D eigenvalue weighted by Gasteiger charge is -2.12. The Kier molecular flexibility index (Phi) is 6.77. The molecular formula is C23H25FN2O2S. The molecule has 0 aromatic heterocycles. The van der Waals surface area contributed by atoms with Crippen LogP contribution in [0.1, 0.15) is 42.9 Å². The van der Waals surface area contributed by atoms with Gasteiger partial charge in [0.1, 0.15) is 5.82 Å². The van der Waals surface area contributed by atoms with Crippen LogP contribution in [0.2, 0.25) is 0 Å². The SMILES string of the molecule is CSc1ccc(/C=C2/C(C)=C(CCCCN(O)C(N)=O)c3c(F)cccc32)cc1. The number of unbranched alkanes of at least 4 members (excludes halogenated alkanes) is 1. The van der Waals surface area contributed by atoms with Gasteiger partial charge in [-0.25, -0.2) is 14.2 Å². The minimum atomic E-state index is -0.865. The molecule has 2 amide bonds. The zero-order valence-corrected chi connectivity index (χ0v) is 17.4. The van der Waals surface area contributed by atoms with E-state index < -0.39 is 6.03 Å². The first-order valence-corrected chi connectivity index (χ1v) is 10.8. The van der Waals surface area contributed by atoms with E-state index in [-0.39, 0.29) is 12.4 Å². The molecule has 0 spiro atoms. The molecule has 152 valence electrons. The molecule has 29 heavy (non-hydrogen) atoms. The van der Waals surface area contributed by atoms with Crippen LogP contribution in [0, 0.1) is 5.82 Å². The summed E-state index contributed by atoms with van der Waals surface area (Å²) in [6.07, 6.45) is 6.10. The lowest BCUT2D eigenvalue weighted by molar-refractivity contribution is -0.0401. The quantitative estimate of drug-likeness (QED) is 0.261. The number of primary amides is 1. The number of allylic oxidation sites excluding steroid dienone is 3. The Balaban J connectivity index is 1.87. The third-order valence-corrected chi connectivity index (χ3v) is 5.93. The summed E-state index contributed by atoms with van der Waals surface area (Å²) < 4.78 is 14.7. The zero-order valence-electron chi connectivity index (χ0n) is 16.6. The number of rotatable bonds is 7. The van der Waals surface area contributed by atoms with Crippen LogP contribution in [0.25, 0.3) is 17.2 Å². The molecule has 3 rings (SSSR count). The van der Waals surface area contributed by atoms with Crippen LogP contribution in [0.5, 0.6) is 0 Å². The van der Waals surface area contributed by atoms with E-state index >= 15 is 0 Å². The summed E-state index contributed by atoms with van der Waals surface area (Å²) in [6.45, 7) is 2.19. The fourth-order valence-electron chi connectivity index (χ4n) is 3.65. The predicted molar refractivity (Wildman–Crippen MR) is 117 cm³/mol. The van der Waals surface area contributed by atoms with Gasteiger partial charge in [-0.05, 0) is 84.6 Å². The third-order valence-electron chi connectivity index (χ3n) is 5.19. The average molecular weight is 413 g/mol. The first-order chi connectivity index (χ1) is 13.9. The van der Waals surface area contributed by atoms with Crippen LogP contribution in [0.15, 0.2) is 52.9 Å². The second-order valence-corrected chi connectivity index (χ2v) is 7.90. The molecule has 0 atom stereocenters. The van der Waals surface area contributed by atoms with Gasteiger partial charge in [0.15, 0.2) is 0 Å². The molecule has 0 bridgehead atoms. The van der Waals surface area contributed by atoms with E-state index in [2.05, 4.69) is 30.3 Å². The van der Waals surface area contributed by atoms with Crippen molar-refractivity contribution >= 4 is 35.0 Å². The summed E-state index contributed by atoms with van der Waals surface area (Å²) in [7, 11) is 0. The Morgan fingerprint density at radius 3 is 2.59 bits per heavy atom. The highest BCUT2D eigenvalue weighted by Crippen LogP contribution is 2.45. The molecule has 0 fully saturated rings. The second-order valence-electron chi connectivity index (χ2n) is 7.02. The fraction of sp³-hybridized carbons (Fsp3) is 0.261. The first kappa shape index (κ1) is 21.1. The summed E-state index contributed by atoms with van der Waals surface area (Å²) in [5, 5.41) is 9.90. The Morgan fingerprint density at radius 2 is 1.93 bits per heavy atom. The maximum atomic E-state index is 14.7. The molecule has 0 unspecified atom stereocenters. The molecule has 2 aromatic rings. The van der Waals surface area contributed by atoms with Crippen molar-refractivity contribution in [2.24, 2.45) is 5.73 Å². The third kappa shape index (κ3) is 4.71. The summed E-state index contributed by atoms with van der Waals surface area (Å²) >= 11 is 1.70. The number of benzene rings is 2. The van der Waals surface area contributed by atoms with Crippen molar-refractivity contribution in [1.82, 2.24) is 5.06 Å². The molecule has 4 nitrogen and oxygen atoms in total. The zero-order chi connectivity index (χ0) is 21.0. The molecule has 0 aliphatic heterocycles. The number of hydrogen-bond acceptors (Lipinski definition) is 3. The van der Waals surface area contributed by atoms with Gasteiger partial charge < -0.3 is 5.73 Å². The first-order valence-electron chi connectivity index (χ1n) is 9.53. The van der Waals surface area contributed by atoms with Crippen LogP contribution in [0.3, 0.4) is 0 Å². The number of hydroxylamine groups is 2. The highest BCUT2D eigenvalue weighted by molar-refractivity contribution is 7.98. The van der Waals surface area contributed by atoms with Crippen molar-refractivity contribution in [3.05, 3.63) is 70.5 Å². The number of carbonyl (C=O) groups is 1. The Morgan fingerprint density at radius 1 is 1.21 bits per heavy atom. The number of halogens is 1. The topological polar surface area (TPSA) is 66.6 Å². The maximum absolute atomic E-state index is 14.7. The van der Waals surface area contributed by atoms with E-state index in [0.717, 1.165) is 27.8 Å². The van der Waals surface area contributed by atoms with Crippen LogP contribution < -0.4 is 5.73 Å². The van der Waals surface area contributed by atoms with E-state index in [1.807, 2.05) is 19.2 Å². The van der Waals surface area contributed by atoms with Crippen LogP contribution in [-0.4, -0.2) is 29.1 Å². The number of urea groups is 1. The molecule has 0 radical (unpaired) electrons. The molecular weight excluding hydrogens is 387 g/mol. The summed E-state index contributed by atoms with van der Waals surface area (Å²) in [5.41, 5.74) is 10.7. The van der Waals surface area contributed by atoms with Gasteiger partial charge in [-0.1, -0.05) is 24.3 Å². The fourth-order valence-corrected chi connectivity index (χ4v) is 4.05. The van der Waals surface area contributed by atoms with Crippen molar-refractivity contribution in [3.63, 3.8) is 0 Å². The van der Waals surface area contributed by atoms with Gasteiger partial charge in [-0.3, -0.25) is 5.21 Å². The number of amides is 2. The van der Waals surface area contributed by atoms with E-state index in [1.54, 1.807) is 17.8 Å². The van der Waals surface area contributed by atoms with Gasteiger partial charge in [0.05, 0.1) is 6.54 Å². The highest BCUT2D eigenvalue weighted by atomic mass is 32.2. The monoisotopic (exact) mass is 412 g/mol. The summed E-state index contributed by atoms with van der Waals surface area (Å²) in [6, 6.07) is 12.6. The molecule has 1 aliphatic carbocycles. The Bertz CT molecular complexity index is 967. The molecule has 0 saturated carbocycles. The number of thioether (sulfide) groups is 1. The van der Waals surface area contributed by atoms with E-state index in [9.17, 15) is 14.4 Å². The Hall–Kier alpha value is -2.57. The Labute approximate surface area is 174 Å².